The van der Waals surface area contributed by atoms with E-state index in [2.05, 4.69) is 20.6 Å². The molecule has 3 heterocycles. The van der Waals surface area contributed by atoms with Crippen LogP contribution in [0.2, 0.25) is 0 Å². The summed E-state index contributed by atoms with van der Waals surface area (Å²) in [7, 11) is 3.88. The molecule has 2 aliphatic heterocycles. The minimum absolute atomic E-state index is 0. The van der Waals surface area contributed by atoms with Gasteiger partial charge in [0.2, 0.25) is 11.9 Å². The molecule has 2 aromatic rings. The monoisotopic (exact) mass is 546 g/mol. The standard InChI is InChI=1S/C24H29F3N6O.2ClH/c1-13(34)33-19-9-10-20(33)16-11-14(7-8-15(16)19)29-23-28-12-17(24(25,26)27)22(31-23)30-18-5-4-6-21(18)32(2)3;;/h7-8,11-12,18-21H,4-6,9-10H2,1-3H3,(H2,28,29,30,31);2*1H/t18-,19+,20-,21-;;/m1../s1. The lowest BCUT2D eigenvalue weighted by Crippen LogP contribution is -2.39. The van der Waals surface area contributed by atoms with Gasteiger partial charge < -0.3 is 20.4 Å². The third kappa shape index (κ3) is 5.08. The van der Waals surface area contributed by atoms with Gasteiger partial charge in [0.1, 0.15) is 11.4 Å². The molecule has 1 saturated heterocycles. The van der Waals surface area contributed by atoms with Gasteiger partial charge in [0, 0.05) is 30.9 Å². The van der Waals surface area contributed by atoms with E-state index in [1.165, 1.54) is 0 Å². The van der Waals surface area contributed by atoms with Crippen molar-refractivity contribution in [3.63, 3.8) is 0 Å². The van der Waals surface area contributed by atoms with Crippen molar-refractivity contribution in [2.75, 3.05) is 24.7 Å². The van der Waals surface area contributed by atoms with Gasteiger partial charge in [0.15, 0.2) is 0 Å². The van der Waals surface area contributed by atoms with E-state index in [4.69, 9.17) is 0 Å². The number of hydrogen-bond donors (Lipinski definition) is 2. The predicted octanol–water partition coefficient (Wildman–Crippen LogP) is 5.72. The summed E-state index contributed by atoms with van der Waals surface area (Å²) in [4.78, 5) is 24.3. The topological polar surface area (TPSA) is 73.4 Å². The highest BCUT2D eigenvalue weighted by Crippen LogP contribution is 2.53. The van der Waals surface area contributed by atoms with Crippen molar-refractivity contribution in [2.24, 2.45) is 0 Å². The molecule has 12 heteroatoms. The number of halogens is 5. The maximum Gasteiger partial charge on any atom is 0.421 e. The number of aromatic nitrogens is 2. The van der Waals surface area contributed by atoms with Gasteiger partial charge in [0.25, 0.3) is 0 Å². The van der Waals surface area contributed by atoms with Crippen LogP contribution >= 0.6 is 24.8 Å². The molecule has 3 aliphatic rings. The van der Waals surface area contributed by atoms with Crippen molar-refractivity contribution in [2.45, 2.75) is 69.4 Å². The average Bonchev–Trinajstić information content (AvgIpc) is 3.47. The second-order valence-corrected chi connectivity index (χ2v) is 9.67. The first-order valence-electron chi connectivity index (χ1n) is 11.7. The molecule has 2 N–H and O–H groups in total. The summed E-state index contributed by atoms with van der Waals surface area (Å²) in [5.74, 6) is -0.0453. The molecule has 0 radical (unpaired) electrons. The average molecular weight is 547 g/mol. The molecule has 1 aliphatic carbocycles. The summed E-state index contributed by atoms with van der Waals surface area (Å²) in [6, 6.07) is 6.00. The molecule has 2 fully saturated rings. The molecule has 5 rings (SSSR count). The SMILES string of the molecule is CC(=O)N1[C@@H]2CC[C@H]1c1ccc(Nc3ncc(C(F)(F)F)c(N[C@@H]4CCC[C@H]4N(C)C)n3)cc12.Cl.Cl. The normalized spacial score (nSPS) is 24.2. The zero-order chi connectivity index (χ0) is 24.2. The zero-order valence-corrected chi connectivity index (χ0v) is 21.9. The Bertz CT molecular complexity index is 1120. The highest BCUT2D eigenvalue weighted by atomic mass is 35.5. The van der Waals surface area contributed by atoms with E-state index >= 15 is 0 Å². The summed E-state index contributed by atoms with van der Waals surface area (Å²) in [6.07, 6.45) is 0.812. The number of fused-ring (bicyclic) bond motifs is 5. The van der Waals surface area contributed by atoms with E-state index in [9.17, 15) is 18.0 Å². The van der Waals surface area contributed by atoms with Crippen LogP contribution in [0.5, 0.6) is 0 Å². The second kappa shape index (κ2) is 10.6. The Hall–Kier alpha value is -2.30. The Balaban J connectivity index is 0.00000180. The van der Waals surface area contributed by atoms with Crippen LogP contribution in [0.25, 0.3) is 0 Å². The van der Waals surface area contributed by atoms with Crippen molar-refractivity contribution in [1.82, 2.24) is 19.8 Å². The van der Waals surface area contributed by atoms with Crippen LogP contribution in [0, 0.1) is 0 Å². The van der Waals surface area contributed by atoms with E-state index in [1.54, 1.807) is 6.92 Å². The van der Waals surface area contributed by atoms with Gasteiger partial charge >= 0.3 is 6.18 Å². The van der Waals surface area contributed by atoms with Gasteiger partial charge in [-0.3, -0.25) is 4.79 Å². The van der Waals surface area contributed by atoms with Gasteiger partial charge in [-0.05, 0) is 69.5 Å². The molecular weight excluding hydrogens is 516 g/mol. The number of hydrogen-bond acceptors (Lipinski definition) is 6. The van der Waals surface area contributed by atoms with E-state index in [0.29, 0.717) is 5.69 Å². The van der Waals surface area contributed by atoms with Crippen LogP contribution in [0.1, 0.15) is 67.8 Å². The largest absolute Gasteiger partial charge is 0.421 e. The Morgan fingerprint density at radius 1 is 1.08 bits per heavy atom. The molecule has 2 bridgehead atoms. The van der Waals surface area contributed by atoms with Crippen molar-refractivity contribution in [3.8, 4) is 0 Å². The molecule has 1 aromatic carbocycles. The van der Waals surface area contributed by atoms with Crippen LogP contribution in [0.3, 0.4) is 0 Å². The molecule has 7 nitrogen and oxygen atoms in total. The van der Waals surface area contributed by atoms with E-state index < -0.39 is 11.7 Å². The van der Waals surface area contributed by atoms with Crippen molar-refractivity contribution in [3.05, 3.63) is 41.1 Å². The number of nitrogens with zero attached hydrogens (tertiary/aromatic N) is 4. The van der Waals surface area contributed by atoms with Gasteiger partial charge in [-0.1, -0.05) is 6.07 Å². The minimum Gasteiger partial charge on any atom is -0.365 e. The molecule has 4 atom stereocenters. The lowest BCUT2D eigenvalue weighted by Gasteiger charge is -2.28. The van der Waals surface area contributed by atoms with Gasteiger partial charge in [0.05, 0.1) is 12.1 Å². The molecule has 1 aromatic heterocycles. The summed E-state index contributed by atoms with van der Waals surface area (Å²) in [5.41, 5.74) is 2.04. The smallest absolute Gasteiger partial charge is 0.365 e. The quantitative estimate of drug-likeness (QED) is 0.500. The lowest BCUT2D eigenvalue weighted by atomic mass is 9.91. The Morgan fingerprint density at radius 3 is 2.42 bits per heavy atom. The number of likely N-dealkylation sites (N-methyl/N-ethyl adjacent to an activating group) is 1. The summed E-state index contributed by atoms with van der Waals surface area (Å²) in [5, 5.41) is 6.13. The van der Waals surface area contributed by atoms with Crippen LogP contribution in [-0.4, -0.2) is 51.9 Å². The van der Waals surface area contributed by atoms with Crippen LogP contribution in [0.15, 0.2) is 24.4 Å². The molecule has 198 valence electrons. The number of amides is 1. The number of carbonyl (C=O) groups excluding carboxylic acids is 1. The fourth-order valence-corrected chi connectivity index (χ4v) is 5.90. The summed E-state index contributed by atoms with van der Waals surface area (Å²) >= 11 is 0. The second-order valence-electron chi connectivity index (χ2n) is 9.67. The number of alkyl halides is 3. The maximum atomic E-state index is 13.7. The number of anilines is 3. The van der Waals surface area contributed by atoms with E-state index in [1.807, 2.05) is 42.1 Å². The highest BCUT2D eigenvalue weighted by Gasteiger charge is 2.45. The van der Waals surface area contributed by atoms with Crippen molar-refractivity contribution in [1.29, 1.82) is 0 Å². The van der Waals surface area contributed by atoms with E-state index in [0.717, 1.165) is 49.4 Å². The third-order valence-electron chi connectivity index (χ3n) is 7.37. The first kappa shape index (κ1) is 28.3. The fraction of sp³-hybridized carbons (Fsp3) is 0.542. The molecule has 0 spiro atoms. The molecule has 1 saturated carbocycles. The summed E-state index contributed by atoms with van der Waals surface area (Å²) < 4.78 is 41.1. The number of benzene rings is 1. The highest BCUT2D eigenvalue weighted by molar-refractivity contribution is 5.85. The zero-order valence-electron chi connectivity index (χ0n) is 20.3. The maximum absolute atomic E-state index is 13.7. The van der Waals surface area contributed by atoms with E-state index in [-0.39, 0.29) is 66.7 Å². The van der Waals surface area contributed by atoms with Crippen molar-refractivity contribution < 1.29 is 18.0 Å². The van der Waals surface area contributed by atoms with Crippen LogP contribution in [-0.2, 0) is 11.0 Å². The molecule has 36 heavy (non-hydrogen) atoms. The molecule has 0 unspecified atom stereocenters. The van der Waals surface area contributed by atoms with Gasteiger partial charge in [-0.2, -0.15) is 18.2 Å². The first-order chi connectivity index (χ1) is 16.1. The minimum atomic E-state index is -4.56. The van der Waals surface area contributed by atoms with Crippen molar-refractivity contribution >= 4 is 48.2 Å². The predicted molar refractivity (Wildman–Crippen MR) is 137 cm³/mol. The Morgan fingerprint density at radius 2 is 1.78 bits per heavy atom. The Kier molecular flexibility index (Phi) is 8.32. The lowest BCUT2D eigenvalue weighted by molar-refractivity contribution is -0.137. The number of carbonyl (C=O) groups is 1. The fourth-order valence-electron chi connectivity index (χ4n) is 5.90. The van der Waals surface area contributed by atoms with Crippen LogP contribution in [0.4, 0.5) is 30.6 Å². The van der Waals surface area contributed by atoms with Gasteiger partial charge in [-0.25, -0.2) is 4.98 Å². The number of nitrogens with one attached hydrogen (secondary N) is 2. The third-order valence-corrected chi connectivity index (χ3v) is 7.37. The molecular formula is C24H31Cl2F3N6O. The van der Waals surface area contributed by atoms with Gasteiger partial charge in [-0.15, -0.1) is 24.8 Å². The molecule has 1 amide bonds. The first-order valence-corrected chi connectivity index (χ1v) is 11.7. The Labute approximate surface area is 221 Å². The summed E-state index contributed by atoms with van der Waals surface area (Å²) in [6.45, 7) is 1.59. The number of rotatable bonds is 5. The van der Waals surface area contributed by atoms with Crippen LogP contribution < -0.4 is 10.6 Å².